The second-order valence-corrected chi connectivity index (χ2v) is 6.69. The van der Waals surface area contributed by atoms with Gasteiger partial charge >= 0.3 is 0 Å². The van der Waals surface area contributed by atoms with Crippen LogP contribution in [-0.4, -0.2) is 38.4 Å². The fraction of sp³-hybridized carbons (Fsp3) is 0.500. The van der Waals surface area contributed by atoms with Crippen LogP contribution in [0.25, 0.3) is 0 Å². The minimum absolute atomic E-state index is 0.0229. The van der Waals surface area contributed by atoms with Crippen LogP contribution in [0, 0.1) is 0 Å². The number of carbonyl (C=O) groups excluding carboxylic acids is 1. The number of rotatable bonds is 8. The Morgan fingerprint density at radius 1 is 1.39 bits per heavy atom. The molecule has 1 aliphatic rings. The first-order chi connectivity index (χ1) is 11.3. The average Bonchev–Trinajstić information content (AvgIpc) is 3.32. The average molecular weight is 331 g/mol. The minimum atomic E-state index is 0.0229. The van der Waals surface area contributed by atoms with Gasteiger partial charge in [0.25, 0.3) is 0 Å². The molecule has 1 aliphatic carbocycles. The van der Waals surface area contributed by atoms with Crippen molar-refractivity contribution in [2.75, 3.05) is 12.3 Å². The molecule has 0 radical (unpaired) electrons. The SMILES string of the molecule is CC[C@H](CNC(=O)CSc1nnnn1C1CC1)c1ccccc1. The molecule has 1 saturated carbocycles. The van der Waals surface area contributed by atoms with Gasteiger partial charge < -0.3 is 5.32 Å². The number of hydrogen-bond donors (Lipinski definition) is 1. The van der Waals surface area contributed by atoms with Crippen molar-refractivity contribution < 1.29 is 4.79 Å². The topological polar surface area (TPSA) is 72.7 Å². The van der Waals surface area contributed by atoms with Gasteiger partial charge in [-0.3, -0.25) is 4.79 Å². The Hall–Kier alpha value is -1.89. The third-order valence-electron chi connectivity index (χ3n) is 4.00. The lowest BCUT2D eigenvalue weighted by atomic mass is 9.96. The number of amides is 1. The predicted molar refractivity (Wildman–Crippen MR) is 89.3 cm³/mol. The van der Waals surface area contributed by atoms with Gasteiger partial charge in [-0.05, 0) is 35.3 Å². The van der Waals surface area contributed by atoms with Gasteiger partial charge in [0, 0.05) is 12.5 Å². The number of hydrogen-bond acceptors (Lipinski definition) is 5. The maximum absolute atomic E-state index is 12.1. The number of nitrogens with zero attached hydrogens (tertiary/aromatic N) is 4. The molecule has 6 nitrogen and oxygen atoms in total. The van der Waals surface area contributed by atoms with E-state index in [0.29, 0.717) is 24.3 Å². The lowest BCUT2D eigenvalue weighted by Gasteiger charge is -2.16. The second kappa shape index (κ2) is 7.59. The quantitative estimate of drug-likeness (QED) is 0.752. The van der Waals surface area contributed by atoms with Gasteiger partial charge in [-0.25, -0.2) is 4.68 Å². The molecule has 0 unspecified atom stereocenters. The van der Waals surface area contributed by atoms with Gasteiger partial charge in [0.15, 0.2) is 0 Å². The third-order valence-corrected chi connectivity index (χ3v) is 4.93. The van der Waals surface area contributed by atoms with Crippen LogP contribution in [-0.2, 0) is 4.79 Å². The van der Waals surface area contributed by atoms with E-state index in [1.807, 2.05) is 22.9 Å². The number of benzene rings is 1. The summed E-state index contributed by atoms with van der Waals surface area (Å²) in [6, 6.07) is 10.7. The van der Waals surface area contributed by atoms with Gasteiger partial charge in [0.1, 0.15) is 0 Å². The first kappa shape index (κ1) is 16.0. The molecule has 3 rings (SSSR count). The molecular formula is C16H21N5OS. The first-order valence-electron chi connectivity index (χ1n) is 8.00. The fourth-order valence-electron chi connectivity index (χ4n) is 2.47. The van der Waals surface area contributed by atoms with E-state index in [2.05, 4.69) is 39.9 Å². The Balaban J connectivity index is 1.46. The van der Waals surface area contributed by atoms with Crippen molar-refractivity contribution in [1.29, 1.82) is 0 Å². The standard InChI is InChI=1S/C16H21N5OS/c1-2-12(13-6-4-3-5-7-13)10-17-15(22)11-23-16-18-19-20-21(16)14-8-9-14/h3-7,12,14H,2,8-11H2,1H3,(H,17,22)/t12-/m1/s1. The van der Waals surface area contributed by atoms with Crippen molar-refractivity contribution in [2.24, 2.45) is 0 Å². The van der Waals surface area contributed by atoms with Crippen LogP contribution in [0.5, 0.6) is 0 Å². The third kappa shape index (κ3) is 4.31. The lowest BCUT2D eigenvalue weighted by Crippen LogP contribution is -2.29. The summed E-state index contributed by atoms with van der Waals surface area (Å²) in [5, 5.41) is 15.4. The zero-order valence-electron chi connectivity index (χ0n) is 13.2. The summed E-state index contributed by atoms with van der Waals surface area (Å²) >= 11 is 1.40. The van der Waals surface area contributed by atoms with E-state index in [4.69, 9.17) is 0 Å². The van der Waals surface area contributed by atoms with Gasteiger partial charge in [-0.1, -0.05) is 49.0 Å². The highest BCUT2D eigenvalue weighted by atomic mass is 32.2. The van der Waals surface area contributed by atoms with Crippen molar-refractivity contribution in [3.8, 4) is 0 Å². The number of tetrazole rings is 1. The van der Waals surface area contributed by atoms with E-state index in [0.717, 1.165) is 24.4 Å². The molecule has 0 saturated heterocycles. The molecular weight excluding hydrogens is 310 g/mol. The molecule has 7 heteroatoms. The summed E-state index contributed by atoms with van der Waals surface area (Å²) in [6.07, 6.45) is 3.25. The van der Waals surface area contributed by atoms with E-state index >= 15 is 0 Å². The molecule has 122 valence electrons. The molecule has 0 spiro atoms. The lowest BCUT2D eigenvalue weighted by molar-refractivity contribution is -0.118. The fourth-order valence-corrected chi connectivity index (χ4v) is 3.24. The Morgan fingerprint density at radius 3 is 2.87 bits per heavy atom. The monoisotopic (exact) mass is 331 g/mol. The summed E-state index contributed by atoms with van der Waals surface area (Å²) in [6.45, 7) is 2.80. The van der Waals surface area contributed by atoms with Gasteiger partial charge in [0.2, 0.25) is 11.1 Å². The normalized spacial score (nSPS) is 15.3. The van der Waals surface area contributed by atoms with Crippen molar-refractivity contribution in [3.05, 3.63) is 35.9 Å². The van der Waals surface area contributed by atoms with Crippen molar-refractivity contribution in [2.45, 2.75) is 43.3 Å². The molecule has 1 aromatic heterocycles. The van der Waals surface area contributed by atoms with Crippen LogP contribution in [0.4, 0.5) is 0 Å². The molecule has 1 fully saturated rings. The summed E-state index contributed by atoms with van der Waals surface area (Å²) in [4.78, 5) is 12.1. The minimum Gasteiger partial charge on any atom is -0.355 e. The Bertz CT molecular complexity index is 641. The van der Waals surface area contributed by atoms with E-state index in [1.54, 1.807) is 0 Å². The maximum Gasteiger partial charge on any atom is 0.230 e. The van der Waals surface area contributed by atoms with E-state index in [-0.39, 0.29) is 5.91 Å². The highest BCUT2D eigenvalue weighted by molar-refractivity contribution is 7.99. The van der Waals surface area contributed by atoms with E-state index in [9.17, 15) is 4.79 Å². The van der Waals surface area contributed by atoms with Crippen LogP contribution in [0.3, 0.4) is 0 Å². The summed E-state index contributed by atoms with van der Waals surface area (Å²) in [5.41, 5.74) is 1.26. The van der Waals surface area contributed by atoms with E-state index < -0.39 is 0 Å². The second-order valence-electron chi connectivity index (χ2n) is 5.75. The molecule has 0 bridgehead atoms. The highest BCUT2D eigenvalue weighted by Gasteiger charge is 2.28. The van der Waals surface area contributed by atoms with Crippen LogP contribution >= 0.6 is 11.8 Å². The highest BCUT2D eigenvalue weighted by Crippen LogP contribution is 2.36. The molecule has 2 aromatic rings. The van der Waals surface area contributed by atoms with Crippen LogP contribution in [0.15, 0.2) is 35.5 Å². The Kier molecular flexibility index (Phi) is 5.27. The van der Waals surface area contributed by atoms with E-state index in [1.165, 1.54) is 17.3 Å². The van der Waals surface area contributed by atoms with Crippen molar-refractivity contribution in [3.63, 3.8) is 0 Å². The zero-order valence-corrected chi connectivity index (χ0v) is 14.0. The van der Waals surface area contributed by atoms with Gasteiger partial charge in [0.05, 0.1) is 11.8 Å². The molecule has 23 heavy (non-hydrogen) atoms. The summed E-state index contributed by atoms with van der Waals surface area (Å²) in [5.74, 6) is 0.717. The van der Waals surface area contributed by atoms with Crippen LogP contribution < -0.4 is 5.32 Å². The summed E-state index contributed by atoms with van der Waals surface area (Å²) < 4.78 is 1.83. The predicted octanol–water partition coefficient (Wildman–Crippen LogP) is 2.41. The van der Waals surface area contributed by atoms with Crippen molar-refractivity contribution in [1.82, 2.24) is 25.5 Å². The zero-order chi connectivity index (χ0) is 16.1. The van der Waals surface area contributed by atoms with Crippen molar-refractivity contribution >= 4 is 17.7 Å². The number of aromatic nitrogens is 4. The summed E-state index contributed by atoms with van der Waals surface area (Å²) in [7, 11) is 0. The van der Waals surface area contributed by atoms with Gasteiger partial charge in [-0.15, -0.1) is 5.10 Å². The first-order valence-corrected chi connectivity index (χ1v) is 8.98. The molecule has 1 amide bonds. The largest absolute Gasteiger partial charge is 0.355 e. The number of carbonyl (C=O) groups is 1. The Labute approximate surface area is 140 Å². The van der Waals surface area contributed by atoms with Crippen LogP contribution in [0.2, 0.25) is 0 Å². The van der Waals surface area contributed by atoms with Crippen LogP contribution in [0.1, 0.15) is 43.7 Å². The molecule has 0 aliphatic heterocycles. The molecule has 1 aromatic carbocycles. The molecule has 1 N–H and O–H groups in total. The Morgan fingerprint density at radius 2 is 2.17 bits per heavy atom. The van der Waals surface area contributed by atoms with Gasteiger partial charge in [-0.2, -0.15) is 0 Å². The molecule has 1 heterocycles. The smallest absolute Gasteiger partial charge is 0.230 e. The maximum atomic E-state index is 12.1. The number of nitrogens with one attached hydrogen (secondary N) is 1. The number of thioether (sulfide) groups is 1. The molecule has 1 atom stereocenters.